The lowest BCUT2D eigenvalue weighted by atomic mass is 9.86. The Labute approximate surface area is 125 Å². The monoisotopic (exact) mass is 276 g/mol. The van der Waals surface area contributed by atoms with E-state index in [0.717, 1.165) is 26.2 Å². The van der Waals surface area contributed by atoms with Gasteiger partial charge in [0.15, 0.2) is 0 Å². The topological polar surface area (TPSA) is 15.3 Å². The van der Waals surface area contributed by atoms with Crippen molar-refractivity contribution in [2.24, 2.45) is 0 Å². The van der Waals surface area contributed by atoms with E-state index < -0.39 is 0 Å². The van der Waals surface area contributed by atoms with E-state index in [-0.39, 0.29) is 5.41 Å². The Morgan fingerprint density at radius 3 is 1.95 bits per heavy atom. The second-order valence-electron chi connectivity index (χ2n) is 6.47. The Balaban J connectivity index is 2.86. The van der Waals surface area contributed by atoms with Gasteiger partial charge >= 0.3 is 0 Å². The minimum Gasteiger partial charge on any atom is -0.309 e. The van der Waals surface area contributed by atoms with E-state index in [0.29, 0.717) is 6.04 Å². The molecular formula is C18H32N2. The molecule has 0 radical (unpaired) electrons. The molecule has 20 heavy (non-hydrogen) atoms. The van der Waals surface area contributed by atoms with Gasteiger partial charge in [0.2, 0.25) is 0 Å². The normalized spacial score (nSPS) is 13.8. The number of hydrogen-bond acceptors (Lipinski definition) is 2. The molecule has 0 saturated heterocycles. The molecule has 0 spiro atoms. The minimum atomic E-state index is 0.227. The van der Waals surface area contributed by atoms with Crippen LogP contribution in [-0.2, 0) is 5.41 Å². The van der Waals surface area contributed by atoms with Gasteiger partial charge < -0.3 is 10.2 Å². The van der Waals surface area contributed by atoms with Gasteiger partial charge in [0.1, 0.15) is 0 Å². The molecule has 0 bridgehead atoms. The first-order chi connectivity index (χ1) is 9.42. The summed E-state index contributed by atoms with van der Waals surface area (Å²) in [7, 11) is 0. The molecule has 0 aromatic heterocycles. The fourth-order valence-corrected chi connectivity index (χ4v) is 2.49. The highest BCUT2D eigenvalue weighted by Crippen LogP contribution is 2.24. The molecule has 0 aliphatic rings. The van der Waals surface area contributed by atoms with Crippen LogP contribution in [0.4, 0.5) is 0 Å². The van der Waals surface area contributed by atoms with Crippen molar-refractivity contribution in [1.29, 1.82) is 0 Å². The Morgan fingerprint density at radius 1 is 1.00 bits per heavy atom. The van der Waals surface area contributed by atoms with Crippen LogP contribution in [0.2, 0.25) is 0 Å². The Bertz CT molecular complexity index is 371. The Morgan fingerprint density at radius 2 is 1.55 bits per heavy atom. The zero-order valence-corrected chi connectivity index (χ0v) is 14.2. The molecule has 1 aromatic rings. The minimum absolute atomic E-state index is 0.227. The maximum atomic E-state index is 3.61. The predicted molar refractivity (Wildman–Crippen MR) is 89.3 cm³/mol. The third kappa shape index (κ3) is 4.92. The average Bonchev–Trinajstić information content (AvgIpc) is 2.42. The van der Waals surface area contributed by atoms with Crippen molar-refractivity contribution in [3.05, 3.63) is 35.4 Å². The molecule has 1 unspecified atom stereocenters. The lowest BCUT2D eigenvalue weighted by Crippen LogP contribution is -2.35. The van der Waals surface area contributed by atoms with Crippen LogP contribution >= 0.6 is 0 Å². The lowest BCUT2D eigenvalue weighted by molar-refractivity contribution is 0.267. The number of benzene rings is 1. The van der Waals surface area contributed by atoms with Gasteiger partial charge in [0, 0.05) is 12.6 Å². The van der Waals surface area contributed by atoms with Gasteiger partial charge in [0.25, 0.3) is 0 Å². The fraction of sp³-hybridized carbons (Fsp3) is 0.667. The largest absolute Gasteiger partial charge is 0.309 e. The molecule has 1 atom stereocenters. The van der Waals surface area contributed by atoms with Gasteiger partial charge in [0.05, 0.1) is 0 Å². The van der Waals surface area contributed by atoms with Crippen molar-refractivity contribution in [2.75, 3.05) is 26.2 Å². The number of hydrogen-bond donors (Lipinski definition) is 1. The first-order valence-corrected chi connectivity index (χ1v) is 7.98. The van der Waals surface area contributed by atoms with Crippen LogP contribution in [0.1, 0.15) is 58.7 Å². The Kier molecular flexibility index (Phi) is 6.70. The first kappa shape index (κ1) is 17.2. The quantitative estimate of drug-likeness (QED) is 0.810. The maximum absolute atomic E-state index is 3.61. The van der Waals surface area contributed by atoms with Crippen LogP contribution < -0.4 is 5.32 Å². The van der Waals surface area contributed by atoms with Gasteiger partial charge in [-0.1, -0.05) is 65.8 Å². The molecule has 0 fully saturated rings. The van der Waals surface area contributed by atoms with Crippen LogP contribution in [0.3, 0.4) is 0 Å². The van der Waals surface area contributed by atoms with Crippen molar-refractivity contribution < 1.29 is 0 Å². The molecule has 0 amide bonds. The highest BCUT2D eigenvalue weighted by atomic mass is 15.1. The molecule has 114 valence electrons. The summed E-state index contributed by atoms with van der Waals surface area (Å²) in [6.45, 7) is 17.7. The van der Waals surface area contributed by atoms with E-state index in [4.69, 9.17) is 0 Å². The standard InChI is InChI=1S/C18H32N2/c1-7-19-17(14-20(8-2)9-3)15-10-12-16(13-11-15)18(4,5)6/h10-13,17,19H,7-9,14H2,1-6H3. The molecule has 1 rings (SSSR count). The maximum Gasteiger partial charge on any atom is 0.0449 e. The van der Waals surface area contributed by atoms with Crippen molar-refractivity contribution in [1.82, 2.24) is 10.2 Å². The van der Waals surface area contributed by atoms with Crippen LogP contribution in [0, 0.1) is 0 Å². The van der Waals surface area contributed by atoms with Crippen LogP contribution in [-0.4, -0.2) is 31.1 Å². The second kappa shape index (κ2) is 7.80. The molecule has 2 nitrogen and oxygen atoms in total. The third-order valence-corrected chi connectivity index (χ3v) is 3.96. The third-order valence-electron chi connectivity index (χ3n) is 3.96. The number of rotatable bonds is 7. The second-order valence-corrected chi connectivity index (χ2v) is 6.47. The van der Waals surface area contributed by atoms with Crippen molar-refractivity contribution in [3.63, 3.8) is 0 Å². The zero-order valence-electron chi connectivity index (χ0n) is 14.2. The number of nitrogens with zero attached hydrogens (tertiary/aromatic N) is 1. The number of likely N-dealkylation sites (N-methyl/N-ethyl adjacent to an activating group) is 2. The van der Waals surface area contributed by atoms with Crippen molar-refractivity contribution in [2.45, 2.75) is 53.0 Å². The molecular weight excluding hydrogens is 244 g/mol. The van der Waals surface area contributed by atoms with Crippen molar-refractivity contribution >= 4 is 0 Å². The first-order valence-electron chi connectivity index (χ1n) is 7.98. The molecule has 0 heterocycles. The molecule has 0 saturated carbocycles. The predicted octanol–water partition coefficient (Wildman–Crippen LogP) is 3.98. The van der Waals surface area contributed by atoms with Crippen molar-refractivity contribution in [3.8, 4) is 0 Å². The summed E-state index contributed by atoms with van der Waals surface area (Å²) in [5, 5.41) is 3.61. The van der Waals surface area contributed by atoms with E-state index in [1.54, 1.807) is 0 Å². The highest BCUT2D eigenvalue weighted by Gasteiger charge is 2.16. The molecule has 0 aliphatic heterocycles. The van der Waals surface area contributed by atoms with Crippen LogP contribution in [0.25, 0.3) is 0 Å². The highest BCUT2D eigenvalue weighted by molar-refractivity contribution is 5.29. The molecule has 1 aromatic carbocycles. The van der Waals surface area contributed by atoms with E-state index >= 15 is 0 Å². The summed E-state index contributed by atoms with van der Waals surface area (Å²) in [6, 6.07) is 9.56. The molecule has 0 aliphatic carbocycles. The fourth-order valence-electron chi connectivity index (χ4n) is 2.49. The van der Waals surface area contributed by atoms with Gasteiger partial charge in [-0.05, 0) is 36.2 Å². The smallest absolute Gasteiger partial charge is 0.0449 e. The van der Waals surface area contributed by atoms with E-state index in [1.807, 2.05) is 0 Å². The average molecular weight is 276 g/mol. The summed E-state index contributed by atoms with van der Waals surface area (Å²) in [6.07, 6.45) is 0. The number of nitrogens with one attached hydrogen (secondary N) is 1. The summed E-state index contributed by atoms with van der Waals surface area (Å²) >= 11 is 0. The summed E-state index contributed by atoms with van der Waals surface area (Å²) in [4.78, 5) is 2.48. The van der Waals surface area contributed by atoms with E-state index in [9.17, 15) is 0 Å². The van der Waals surface area contributed by atoms with E-state index in [2.05, 4.69) is 76.0 Å². The van der Waals surface area contributed by atoms with Crippen LogP contribution in [0.15, 0.2) is 24.3 Å². The van der Waals surface area contributed by atoms with Gasteiger partial charge in [-0.2, -0.15) is 0 Å². The van der Waals surface area contributed by atoms with E-state index in [1.165, 1.54) is 11.1 Å². The lowest BCUT2D eigenvalue weighted by Gasteiger charge is -2.27. The Hall–Kier alpha value is -0.860. The summed E-state index contributed by atoms with van der Waals surface area (Å²) < 4.78 is 0. The SMILES string of the molecule is CCNC(CN(CC)CC)c1ccc(C(C)(C)C)cc1. The molecule has 2 heteroatoms. The van der Waals surface area contributed by atoms with Gasteiger partial charge in [-0.25, -0.2) is 0 Å². The van der Waals surface area contributed by atoms with Gasteiger partial charge in [-0.15, -0.1) is 0 Å². The summed E-state index contributed by atoms with van der Waals surface area (Å²) in [5.74, 6) is 0. The molecule has 1 N–H and O–H groups in total. The van der Waals surface area contributed by atoms with Gasteiger partial charge in [-0.3, -0.25) is 0 Å². The summed E-state index contributed by atoms with van der Waals surface area (Å²) in [5.41, 5.74) is 3.02. The zero-order chi connectivity index (χ0) is 15.2. The van der Waals surface area contributed by atoms with Crippen LogP contribution in [0.5, 0.6) is 0 Å².